The van der Waals surface area contributed by atoms with Crippen molar-refractivity contribution in [3.63, 3.8) is 0 Å². The molecule has 1 N–H and O–H groups in total. The zero-order valence-corrected chi connectivity index (χ0v) is 11.8. The molecular weight excluding hydrogens is 346 g/mol. The number of hydrogen-bond donors (Lipinski definition) is 1. The second-order valence-electron chi connectivity index (χ2n) is 3.58. The number of nitrogens with zero attached hydrogens (tertiary/aromatic N) is 2. The molecule has 0 aliphatic rings. The molecule has 0 unspecified atom stereocenters. The van der Waals surface area contributed by atoms with Gasteiger partial charge in [0.2, 0.25) is 0 Å². The molecule has 0 bridgehead atoms. The van der Waals surface area contributed by atoms with Crippen molar-refractivity contribution in [2.75, 3.05) is 0 Å². The summed E-state index contributed by atoms with van der Waals surface area (Å²) in [5.74, 6) is 0.818. The number of fused-ring (bicyclic) bond motifs is 1. The van der Waals surface area contributed by atoms with Crippen LogP contribution in [0.4, 0.5) is 0 Å². The van der Waals surface area contributed by atoms with E-state index in [-0.39, 0.29) is 0 Å². The van der Waals surface area contributed by atoms with Crippen LogP contribution in [0, 0.1) is 0 Å². The quantitative estimate of drug-likeness (QED) is 0.714. The molecule has 0 amide bonds. The Morgan fingerprint density at radius 3 is 2.76 bits per heavy atom. The van der Waals surface area contributed by atoms with Gasteiger partial charge < -0.3 is 4.98 Å². The molecule has 0 saturated heterocycles. The second-order valence-corrected chi connectivity index (χ2v) is 5.35. The van der Waals surface area contributed by atoms with Gasteiger partial charge >= 0.3 is 0 Å². The first-order chi connectivity index (χ1) is 8.24. The molecule has 0 spiro atoms. The van der Waals surface area contributed by atoms with Crippen LogP contribution >= 0.6 is 31.9 Å². The van der Waals surface area contributed by atoms with Gasteiger partial charge in [0, 0.05) is 20.7 Å². The maximum absolute atomic E-state index is 4.46. The van der Waals surface area contributed by atoms with Gasteiger partial charge in [-0.05, 0) is 46.3 Å². The SMILES string of the molecule is Brc1ccc(-c2nc3ncccc3[nH]2)c(Br)c1. The lowest BCUT2D eigenvalue weighted by molar-refractivity contribution is 1.29. The van der Waals surface area contributed by atoms with Crippen molar-refractivity contribution in [2.45, 2.75) is 0 Å². The number of benzene rings is 1. The number of nitrogens with one attached hydrogen (secondary N) is 1. The molecule has 2 heterocycles. The summed E-state index contributed by atoms with van der Waals surface area (Å²) in [6.45, 7) is 0. The highest BCUT2D eigenvalue weighted by molar-refractivity contribution is 9.11. The molecule has 2 aromatic heterocycles. The molecule has 0 saturated carbocycles. The fourth-order valence-corrected chi connectivity index (χ4v) is 2.89. The predicted molar refractivity (Wildman–Crippen MR) is 74.7 cm³/mol. The zero-order chi connectivity index (χ0) is 11.8. The lowest BCUT2D eigenvalue weighted by atomic mass is 10.2. The summed E-state index contributed by atoms with van der Waals surface area (Å²) in [6.07, 6.45) is 1.74. The van der Waals surface area contributed by atoms with E-state index in [1.807, 2.05) is 30.3 Å². The Morgan fingerprint density at radius 1 is 1.12 bits per heavy atom. The topological polar surface area (TPSA) is 41.6 Å². The summed E-state index contributed by atoms with van der Waals surface area (Å²) in [6, 6.07) is 9.84. The van der Waals surface area contributed by atoms with Gasteiger partial charge in [-0.3, -0.25) is 0 Å². The third-order valence-electron chi connectivity index (χ3n) is 2.44. The number of aromatic nitrogens is 3. The number of halogens is 2. The van der Waals surface area contributed by atoms with E-state index in [0.717, 1.165) is 31.5 Å². The maximum atomic E-state index is 4.46. The Balaban J connectivity index is 2.20. The Morgan fingerprint density at radius 2 is 2.00 bits per heavy atom. The number of rotatable bonds is 1. The number of hydrogen-bond acceptors (Lipinski definition) is 2. The Kier molecular flexibility index (Phi) is 2.72. The molecule has 3 aromatic rings. The average Bonchev–Trinajstić information content (AvgIpc) is 2.72. The van der Waals surface area contributed by atoms with E-state index in [1.165, 1.54) is 0 Å². The first kappa shape index (κ1) is 10.9. The number of imidazole rings is 1. The standard InChI is InChI=1S/C12H7Br2N3/c13-7-3-4-8(9(14)6-7)11-16-10-2-1-5-15-12(10)17-11/h1-6H,(H,15,16,17). The second kappa shape index (κ2) is 4.23. The first-order valence-corrected chi connectivity index (χ1v) is 6.59. The third-order valence-corrected chi connectivity index (χ3v) is 3.59. The van der Waals surface area contributed by atoms with Crippen molar-refractivity contribution in [1.29, 1.82) is 0 Å². The highest BCUT2D eigenvalue weighted by Gasteiger charge is 2.09. The number of pyridine rings is 1. The predicted octanol–water partition coefficient (Wildman–Crippen LogP) is 4.15. The number of H-pyrrole nitrogens is 1. The molecular formula is C12H7Br2N3. The van der Waals surface area contributed by atoms with Gasteiger partial charge in [0.05, 0.1) is 5.52 Å². The lowest BCUT2D eigenvalue weighted by Gasteiger charge is -2.00. The summed E-state index contributed by atoms with van der Waals surface area (Å²) >= 11 is 6.96. The minimum atomic E-state index is 0.734. The molecule has 0 atom stereocenters. The lowest BCUT2D eigenvalue weighted by Crippen LogP contribution is -1.82. The van der Waals surface area contributed by atoms with E-state index in [1.54, 1.807) is 6.20 Å². The molecule has 17 heavy (non-hydrogen) atoms. The van der Waals surface area contributed by atoms with Gasteiger partial charge in [0.15, 0.2) is 5.65 Å². The number of aromatic amines is 1. The van der Waals surface area contributed by atoms with Crippen molar-refractivity contribution in [1.82, 2.24) is 15.0 Å². The van der Waals surface area contributed by atoms with Crippen molar-refractivity contribution in [2.24, 2.45) is 0 Å². The van der Waals surface area contributed by atoms with Crippen LogP contribution in [0.15, 0.2) is 45.5 Å². The van der Waals surface area contributed by atoms with Crippen LogP contribution in [-0.4, -0.2) is 15.0 Å². The minimum Gasteiger partial charge on any atom is -0.337 e. The molecule has 5 heteroatoms. The summed E-state index contributed by atoms with van der Waals surface area (Å²) < 4.78 is 2.02. The van der Waals surface area contributed by atoms with Crippen molar-refractivity contribution in [3.05, 3.63) is 45.5 Å². The van der Waals surface area contributed by atoms with Crippen molar-refractivity contribution in [3.8, 4) is 11.4 Å². The normalized spacial score (nSPS) is 10.9. The van der Waals surface area contributed by atoms with Gasteiger partial charge in [-0.15, -0.1) is 0 Å². The van der Waals surface area contributed by atoms with Crippen molar-refractivity contribution >= 4 is 43.0 Å². The maximum Gasteiger partial charge on any atom is 0.178 e. The molecule has 0 aliphatic carbocycles. The van der Waals surface area contributed by atoms with E-state index >= 15 is 0 Å². The zero-order valence-electron chi connectivity index (χ0n) is 8.61. The molecule has 1 aromatic carbocycles. The third kappa shape index (κ3) is 2.00. The van der Waals surface area contributed by atoms with Crippen LogP contribution < -0.4 is 0 Å². The molecule has 0 fully saturated rings. The molecule has 0 radical (unpaired) electrons. The van der Waals surface area contributed by atoms with E-state index in [4.69, 9.17) is 0 Å². The van der Waals surface area contributed by atoms with Gasteiger partial charge in [0.25, 0.3) is 0 Å². The Labute approximate surface area is 115 Å². The Bertz CT molecular complexity index is 658. The fourth-order valence-electron chi connectivity index (χ4n) is 1.65. The molecule has 3 rings (SSSR count). The molecule has 84 valence electrons. The largest absolute Gasteiger partial charge is 0.337 e. The summed E-state index contributed by atoms with van der Waals surface area (Å²) in [5, 5.41) is 0. The van der Waals surface area contributed by atoms with Crippen LogP contribution in [-0.2, 0) is 0 Å². The highest BCUT2D eigenvalue weighted by Crippen LogP contribution is 2.29. The van der Waals surface area contributed by atoms with Crippen LogP contribution in [0.5, 0.6) is 0 Å². The minimum absolute atomic E-state index is 0.734. The van der Waals surface area contributed by atoms with Crippen LogP contribution in [0.1, 0.15) is 0 Å². The summed E-state index contributed by atoms with van der Waals surface area (Å²) in [5.41, 5.74) is 2.70. The van der Waals surface area contributed by atoms with Gasteiger partial charge in [-0.2, -0.15) is 0 Å². The van der Waals surface area contributed by atoms with E-state index < -0.39 is 0 Å². The monoisotopic (exact) mass is 351 g/mol. The van der Waals surface area contributed by atoms with Gasteiger partial charge in [-0.25, -0.2) is 9.97 Å². The highest BCUT2D eigenvalue weighted by atomic mass is 79.9. The van der Waals surface area contributed by atoms with E-state index in [9.17, 15) is 0 Å². The van der Waals surface area contributed by atoms with Gasteiger partial charge in [0.1, 0.15) is 5.82 Å². The van der Waals surface area contributed by atoms with Gasteiger partial charge in [-0.1, -0.05) is 15.9 Å². The Hall–Kier alpha value is -1.20. The summed E-state index contributed by atoms with van der Waals surface area (Å²) in [4.78, 5) is 11.9. The van der Waals surface area contributed by atoms with Crippen molar-refractivity contribution < 1.29 is 0 Å². The van der Waals surface area contributed by atoms with E-state index in [2.05, 4.69) is 46.8 Å². The fraction of sp³-hybridized carbons (Fsp3) is 0. The average molecular weight is 353 g/mol. The molecule has 0 aliphatic heterocycles. The van der Waals surface area contributed by atoms with Crippen LogP contribution in [0.2, 0.25) is 0 Å². The van der Waals surface area contributed by atoms with Crippen LogP contribution in [0.25, 0.3) is 22.6 Å². The van der Waals surface area contributed by atoms with Crippen LogP contribution in [0.3, 0.4) is 0 Å². The molecule has 3 nitrogen and oxygen atoms in total. The first-order valence-electron chi connectivity index (χ1n) is 5.00. The van der Waals surface area contributed by atoms with E-state index in [0.29, 0.717) is 0 Å². The smallest absolute Gasteiger partial charge is 0.178 e. The summed E-state index contributed by atoms with van der Waals surface area (Å²) in [7, 11) is 0.